The van der Waals surface area contributed by atoms with Gasteiger partial charge in [-0.05, 0) is 19.7 Å². The Morgan fingerprint density at radius 3 is 2.43 bits per heavy atom. The second kappa shape index (κ2) is 10.8. The number of rotatable bonds is 10. The highest BCUT2D eigenvalue weighted by atomic mass is 32.2. The van der Waals surface area contributed by atoms with E-state index >= 15 is 0 Å². The molecule has 7 heteroatoms. The Morgan fingerprint density at radius 2 is 1.80 bits per heavy atom. The Hall–Kier alpha value is -2.90. The SMILES string of the molecule is C=CCn1c(SCC(=O)NC[C@@H](c2ccccc2)N(C)C)nnc1-c1ccccc1. The Bertz CT molecular complexity index is 956. The summed E-state index contributed by atoms with van der Waals surface area (Å²) in [6.07, 6.45) is 1.81. The molecule has 0 aliphatic heterocycles. The maximum atomic E-state index is 12.5. The van der Waals surface area contributed by atoms with Crippen LogP contribution in [0.4, 0.5) is 0 Å². The third kappa shape index (κ3) is 5.58. The first-order chi connectivity index (χ1) is 14.6. The van der Waals surface area contributed by atoms with Gasteiger partial charge in [-0.1, -0.05) is 78.5 Å². The molecule has 0 bridgehead atoms. The molecule has 0 saturated heterocycles. The minimum absolute atomic E-state index is 0.0304. The zero-order valence-electron chi connectivity index (χ0n) is 17.4. The molecule has 1 amide bonds. The highest BCUT2D eigenvalue weighted by Gasteiger charge is 2.17. The number of carbonyl (C=O) groups excluding carboxylic acids is 1. The molecular weight excluding hydrogens is 394 g/mol. The van der Waals surface area contributed by atoms with Crippen LogP contribution in [0.25, 0.3) is 11.4 Å². The fourth-order valence-electron chi connectivity index (χ4n) is 3.16. The molecule has 156 valence electrons. The van der Waals surface area contributed by atoms with Crippen molar-refractivity contribution in [2.24, 2.45) is 0 Å². The van der Waals surface area contributed by atoms with Gasteiger partial charge in [0.1, 0.15) is 0 Å². The second-order valence-corrected chi connectivity index (χ2v) is 8.00. The van der Waals surface area contributed by atoms with E-state index < -0.39 is 0 Å². The van der Waals surface area contributed by atoms with Gasteiger partial charge in [-0.3, -0.25) is 9.36 Å². The lowest BCUT2D eigenvalue weighted by Gasteiger charge is -2.25. The Balaban J connectivity index is 1.62. The van der Waals surface area contributed by atoms with E-state index in [0.29, 0.717) is 18.2 Å². The topological polar surface area (TPSA) is 63.1 Å². The van der Waals surface area contributed by atoms with Crippen LogP contribution in [-0.4, -0.2) is 52.0 Å². The smallest absolute Gasteiger partial charge is 0.230 e. The lowest BCUT2D eigenvalue weighted by atomic mass is 10.1. The normalized spacial score (nSPS) is 12.0. The summed E-state index contributed by atoms with van der Waals surface area (Å²) in [7, 11) is 4.03. The van der Waals surface area contributed by atoms with E-state index in [4.69, 9.17) is 0 Å². The first-order valence-electron chi connectivity index (χ1n) is 9.80. The molecule has 30 heavy (non-hydrogen) atoms. The van der Waals surface area contributed by atoms with Crippen LogP contribution in [0.5, 0.6) is 0 Å². The average molecular weight is 422 g/mol. The molecule has 1 aromatic heterocycles. The number of thioether (sulfide) groups is 1. The third-order valence-corrected chi connectivity index (χ3v) is 5.66. The summed E-state index contributed by atoms with van der Waals surface area (Å²) in [5, 5.41) is 12.4. The number of allylic oxidation sites excluding steroid dienone is 1. The van der Waals surface area contributed by atoms with Gasteiger partial charge in [0.25, 0.3) is 0 Å². The molecule has 0 aliphatic rings. The van der Waals surface area contributed by atoms with Crippen LogP contribution in [0.3, 0.4) is 0 Å². The highest BCUT2D eigenvalue weighted by molar-refractivity contribution is 7.99. The number of benzene rings is 2. The van der Waals surface area contributed by atoms with Gasteiger partial charge in [0.15, 0.2) is 11.0 Å². The van der Waals surface area contributed by atoms with Crippen molar-refractivity contribution in [3.05, 3.63) is 78.9 Å². The zero-order valence-corrected chi connectivity index (χ0v) is 18.2. The maximum Gasteiger partial charge on any atom is 0.230 e. The van der Waals surface area contributed by atoms with Crippen LogP contribution in [-0.2, 0) is 11.3 Å². The Morgan fingerprint density at radius 1 is 1.13 bits per heavy atom. The van der Waals surface area contributed by atoms with Gasteiger partial charge in [0.2, 0.25) is 5.91 Å². The van der Waals surface area contributed by atoms with Crippen molar-refractivity contribution >= 4 is 17.7 Å². The van der Waals surface area contributed by atoms with E-state index in [1.807, 2.05) is 73.3 Å². The number of nitrogens with one attached hydrogen (secondary N) is 1. The molecule has 0 fully saturated rings. The number of carbonyl (C=O) groups is 1. The summed E-state index contributed by atoms with van der Waals surface area (Å²) in [5.41, 5.74) is 2.16. The van der Waals surface area contributed by atoms with Crippen LogP contribution < -0.4 is 5.32 Å². The summed E-state index contributed by atoms with van der Waals surface area (Å²) in [6.45, 7) is 4.96. The number of hydrogen-bond donors (Lipinski definition) is 1. The van der Waals surface area contributed by atoms with Crippen molar-refractivity contribution < 1.29 is 4.79 Å². The molecule has 0 radical (unpaired) electrons. The van der Waals surface area contributed by atoms with Crippen molar-refractivity contribution in [2.75, 3.05) is 26.4 Å². The Kier molecular flexibility index (Phi) is 7.82. The molecular formula is C23H27N5OS. The van der Waals surface area contributed by atoms with Crippen molar-refractivity contribution in [1.82, 2.24) is 25.0 Å². The van der Waals surface area contributed by atoms with E-state index in [1.54, 1.807) is 0 Å². The molecule has 2 aromatic carbocycles. The molecule has 3 aromatic rings. The van der Waals surface area contributed by atoms with Crippen LogP contribution in [0, 0.1) is 0 Å². The van der Waals surface area contributed by atoms with Gasteiger partial charge >= 0.3 is 0 Å². The van der Waals surface area contributed by atoms with E-state index in [9.17, 15) is 4.79 Å². The van der Waals surface area contributed by atoms with E-state index in [0.717, 1.165) is 11.4 Å². The van der Waals surface area contributed by atoms with Gasteiger partial charge < -0.3 is 10.2 Å². The highest BCUT2D eigenvalue weighted by Crippen LogP contribution is 2.24. The molecule has 0 spiro atoms. The number of nitrogens with zero attached hydrogens (tertiary/aromatic N) is 4. The first-order valence-corrected chi connectivity index (χ1v) is 10.8. The van der Waals surface area contributed by atoms with E-state index in [2.05, 4.69) is 39.1 Å². The number of hydrogen-bond acceptors (Lipinski definition) is 5. The molecule has 6 nitrogen and oxygen atoms in total. The maximum absolute atomic E-state index is 12.5. The van der Waals surface area contributed by atoms with Gasteiger partial charge in [0.05, 0.1) is 11.8 Å². The second-order valence-electron chi connectivity index (χ2n) is 7.05. The predicted molar refractivity (Wildman–Crippen MR) is 122 cm³/mol. The van der Waals surface area contributed by atoms with Crippen LogP contribution in [0.1, 0.15) is 11.6 Å². The average Bonchev–Trinajstić information content (AvgIpc) is 3.16. The summed E-state index contributed by atoms with van der Waals surface area (Å²) in [5.74, 6) is 1.02. The summed E-state index contributed by atoms with van der Waals surface area (Å²) >= 11 is 1.38. The van der Waals surface area contributed by atoms with Crippen LogP contribution in [0.15, 0.2) is 78.5 Å². The Labute approximate surface area is 182 Å². The van der Waals surface area contributed by atoms with Crippen molar-refractivity contribution in [2.45, 2.75) is 17.7 Å². The lowest BCUT2D eigenvalue weighted by Crippen LogP contribution is -2.35. The minimum atomic E-state index is -0.0304. The fourth-order valence-corrected chi connectivity index (χ4v) is 3.93. The third-order valence-electron chi connectivity index (χ3n) is 4.69. The molecule has 1 N–H and O–H groups in total. The van der Waals surface area contributed by atoms with Gasteiger partial charge in [-0.25, -0.2) is 0 Å². The predicted octanol–water partition coefficient (Wildman–Crippen LogP) is 3.64. The van der Waals surface area contributed by atoms with Gasteiger partial charge in [0, 0.05) is 18.7 Å². The first kappa shape index (κ1) is 21.8. The number of aromatic nitrogens is 3. The quantitative estimate of drug-likeness (QED) is 0.400. The minimum Gasteiger partial charge on any atom is -0.353 e. The van der Waals surface area contributed by atoms with Crippen LogP contribution >= 0.6 is 11.8 Å². The standard InChI is InChI=1S/C23H27N5OS/c1-4-15-28-22(19-13-9-6-10-14-19)25-26-23(28)30-17-21(29)24-16-20(27(2)3)18-11-7-5-8-12-18/h4-14,20H,1,15-17H2,2-3H3,(H,24,29)/t20-/m0/s1. The molecule has 0 aliphatic carbocycles. The van der Waals surface area contributed by atoms with Crippen molar-refractivity contribution in [1.29, 1.82) is 0 Å². The molecule has 3 rings (SSSR count). The number of amides is 1. The fraction of sp³-hybridized carbons (Fsp3) is 0.261. The summed E-state index contributed by atoms with van der Waals surface area (Å²) in [4.78, 5) is 14.6. The van der Waals surface area contributed by atoms with Gasteiger partial charge in [-0.2, -0.15) is 0 Å². The molecule has 0 saturated carbocycles. The monoisotopic (exact) mass is 421 g/mol. The zero-order chi connectivity index (χ0) is 21.3. The van der Waals surface area contributed by atoms with E-state index in [-0.39, 0.29) is 17.7 Å². The van der Waals surface area contributed by atoms with Gasteiger partial charge in [-0.15, -0.1) is 16.8 Å². The molecule has 1 heterocycles. The summed E-state index contributed by atoms with van der Waals surface area (Å²) in [6, 6.07) is 20.2. The van der Waals surface area contributed by atoms with E-state index in [1.165, 1.54) is 17.3 Å². The van der Waals surface area contributed by atoms with Crippen molar-refractivity contribution in [3.8, 4) is 11.4 Å². The number of likely N-dealkylation sites (N-methyl/N-ethyl adjacent to an activating group) is 1. The molecule has 1 atom stereocenters. The van der Waals surface area contributed by atoms with Crippen LogP contribution in [0.2, 0.25) is 0 Å². The molecule has 0 unspecified atom stereocenters. The van der Waals surface area contributed by atoms with Crippen molar-refractivity contribution in [3.63, 3.8) is 0 Å². The summed E-state index contributed by atoms with van der Waals surface area (Å²) < 4.78 is 1.98. The lowest BCUT2D eigenvalue weighted by molar-refractivity contribution is -0.118. The largest absolute Gasteiger partial charge is 0.353 e.